The Morgan fingerprint density at radius 1 is 1.54 bits per heavy atom. The quantitative estimate of drug-likeness (QED) is 0.661. The molecule has 1 saturated heterocycles. The van der Waals surface area contributed by atoms with Crippen LogP contribution in [0.5, 0.6) is 0 Å². The van der Waals surface area contributed by atoms with E-state index < -0.39 is 0 Å². The van der Waals surface area contributed by atoms with Gasteiger partial charge in [-0.3, -0.25) is 0 Å². The van der Waals surface area contributed by atoms with Crippen LogP contribution in [-0.2, 0) is 4.74 Å². The highest BCUT2D eigenvalue weighted by Gasteiger charge is 2.27. The van der Waals surface area contributed by atoms with Gasteiger partial charge in [0.2, 0.25) is 0 Å². The third-order valence-electron chi connectivity index (χ3n) is 2.81. The summed E-state index contributed by atoms with van der Waals surface area (Å²) in [6, 6.07) is 0. The molecule has 1 aliphatic heterocycles. The molecular weight excluding hydrogens is 162 g/mol. The van der Waals surface area contributed by atoms with E-state index in [9.17, 15) is 0 Å². The Kier molecular flexibility index (Phi) is 3.51. The molecule has 0 atom stereocenters. The van der Waals surface area contributed by atoms with Crippen LogP contribution in [0.1, 0.15) is 27.2 Å². The van der Waals surface area contributed by atoms with Crippen LogP contribution in [0.15, 0.2) is 11.1 Å². The van der Waals surface area contributed by atoms with Crippen LogP contribution >= 0.6 is 0 Å². The molecule has 0 aromatic carbocycles. The van der Waals surface area contributed by atoms with Crippen molar-refractivity contribution in [1.29, 1.82) is 0 Å². The van der Waals surface area contributed by atoms with E-state index in [2.05, 4.69) is 26.1 Å². The summed E-state index contributed by atoms with van der Waals surface area (Å²) in [6.07, 6.45) is 1.17. The van der Waals surface area contributed by atoms with Crippen LogP contribution in [0, 0.1) is 5.41 Å². The molecule has 2 heteroatoms. The van der Waals surface area contributed by atoms with Crippen LogP contribution in [0.3, 0.4) is 0 Å². The number of rotatable bonds is 2. The van der Waals surface area contributed by atoms with Gasteiger partial charge >= 0.3 is 0 Å². The summed E-state index contributed by atoms with van der Waals surface area (Å²) in [5.41, 5.74) is 3.29. The molecule has 2 nitrogen and oxygen atoms in total. The van der Waals surface area contributed by atoms with Gasteiger partial charge in [-0.25, -0.2) is 0 Å². The van der Waals surface area contributed by atoms with Gasteiger partial charge in [-0.15, -0.1) is 0 Å². The summed E-state index contributed by atoms with van der Waals surface area (Å²) in [6.45, 7) is 9.76. The molecule has 0 amide bonds. The Morgan fingerprint density at radius 2 is 2.23 bits per heavy atom. The van der Waals surface area contributed by atoms with Crippen LogP contribution in [0.4, 0.5) is 0 Å². The maximum Gasteiger partial charge on any atom is 0.0673 e. The van der Waals surface area contributed by atoms with Crippen molar-refractivity contribution in [2.75, 3.05) is 26.8 Å². The molecule has 0 aromatic rings. The number of hydrogen-bond acceptors (Lipinski definition) is 2. The number of ether oxygens (including phenoxy) is 1. The molecule has 0 aromatic heterocycles. The first kappa shape index (κ1) is 10.7. The Bertz CT molecular complexity index is 206. The molecule has 0 bridgehead atoms. The molecule has 1 aliphatic rings. The molecule has 0 aliphatic carbocycles. The zero-order chi connectivity index (χ0) is 9.90. The lowest BCUT2D eigenvalue weighted by atomic mass is 9.77. The summed E-state index contributed by atoms with van der Waals surface area (Å²) >= 11 is 0. The van der Waals surface area contributed by atoms with Crippen LogP contribution in [0.25, 0.3) is 0 Å². The first-order chi connectivity index (χ1) is 6.08. The predicted molar refractivity (Wildman–Crippen MR) is 55.8 cm³/mol. The fourth-order valence-electron chi connectivity index (χ4n) is 2.15. The van der Waals surface area contributed by atoms with Crippen LogP contribution < -0.4 is 5.32 Å². The molecule has 0 spiro atoms. The van der Waals surface area contributed by atoms with Crippen molar-refractivity contribution >= 4 is 0 Å². The molecule has 1 rings (SSSR count). The Labute approximate surface area is 81.4 Å². The minimum absolute atomic E-state index is 0.306. The Morgan fingerprint density at radius 3 is 2.77 bits per heavy atom. The van der Waals surface area contributed by atoms with Crippen molar-refractivity contribution in [2.45, 2.75) is 27.2 Å². The van der Waals surface area contributed by atoms with E-state index in [4.69, 9.17) is 4.74 Å². The normalized spacial score (nSPS) is 25.8. The van der Waals surface area contributed by atoms with E-state index >= 15 is 0 Å². The SMILES string of the molecule is COC/C(C)=C1\CCNCC1(C)C. The molecule has 13 heavy (non-hydrogen) atoms. The highest BCUT2D eigenvalue weighted by atomic mass is 16.5. The first-order valence-corrected chi connectivity index (χ1v) is 4.96. The van der Waals surface area contributed by atoms with Crippen molar-refractivity contribution < 1.29 is 4.74 Å². The van der Waals surface area contributed by atoms with Gasteiger partial charge in [0.05, 0.1) is 6.61 Å². The second kappa shape index (κ2) is 4.25. The van der Waals surface area contributed by atoms with E-state index in [1.165, 1.54) is 12.0 Å². The van der Waals surface area contributed by atoms with E-state index in [0.29, 0.717) is 5.41 Å². The van der Waals surface area contributed by atoms with E-state index in [-0.39, 0.29) is 0 Å². The Hall–Kier alpha value is -0.340. The van der Waals surface area contributed by atoms with Gasteiger partial charge in [0.15, 0.2) is 0 Å². The van der Waals surface area contributed by atoms with E-state index in [0.717, 1.165) is 19.7 Å². The average Bonchev–Trinajstić information content (AvgIpc) is 2.03. The molecule has 0 saturated carbocycles. The second-order valence-corrected chi connectivity index (χ2v) is 4.50. The topological polar surface area (TPSA) is 21.3 Å². The molecule has 0 radical (unpaired) electrons. The lowest BCUT2D eigenvalue weighted by molar-refractivity contribution is 0.220. The maximum atomic E-state index is 5.17. The summed E-state index contributed by atoms with van der Waals surface area (Å²) in [5, 5.41) is 3.43. The highest BCUT2D eigenvalue weighted by Crippen LogP contribution is 2.33. The lowest BCUT2D eigenvalue weighted by Gasteiger charge is -2.35. The first-order valence-electron chi connectivity index (χ1n) is 4.96. The zero-order valence-corrected chi connectivity index (χ0v) is 9.24. The standard InChI is InChI=1S/C11H21NO/c1-9(7-13-4)10-5-6-12-8-11(10,2)3/h12H,5-8H2,1-4H3/b10-9+. The molecule has 1 N–H and O–H groups in total. The zero-order valence-electron chi connectivity index (χ0n) is 9.24. The molecular formula is C11H21NO. The average molecular weight is 183 g/mol. The largest absolute Gasteiger partial charge is 0.380 e. The number of hydrogen-bond donors (Lipinski definition) is 1. The van der Waals surface area contributed by atoms with Crippen molar-refractivity contribution in [3.05, 3.63) is 11.1 Å². The molecule has 1 heterocycles. The summed E-state index contributed by atoms with van der Waals surface area (Å²) in [4.78, 5) is 0. The predicted octanol–water partition coefficient (Wildman–Crippen LogP) is 1.97. The summed E-state index contributed by atoms with van der Waals surface area (Å²) in [5.74, 6) is 0. The van der Waals surface area contributed by atoms with Gasteiger partial charge in [0, 0.05) is 13.7 Å². The van der Waals surface area contributed by atoms with Crippen molar-refractivity contribution in [3.63, 3.8) is 0 Å². The Balaban J connectivity index is 2.80. The van der Waals surface area contributed by atoms with Gasteiger partial charge in [-0.1, -0.05) is 19.4 Å². The number of piperidine rings is 1. The van der Waals surface area contributed by atoms with Gasteiger partial charge < -0.3 is 10.1 Å². The molecule has 1 fully saturated rings. The smallest absolute Gasteiger partial charge is 0.0673 e. The van der Waals surface area contributed by atoms with Gasteiger partial charge in [-0.05, 0) is 30.9 Å². The molecule has 0 unspecified atom stereocenters. The number of nitrogens with one attached hydrogen (secondary N) is 1. The monoisotopic (exact) mass is 183 g/mol. The molecule has 76 valence electrons. The lowest BCUT2D eigenvalue weighted by Crippen LogP contribution is -2.38. The number of methoxy groups -OCH3 is 1. The van der Waals surface area contributed by atoms with Crippen LogP contribution in [-0.4, -0.2) is 26.8 Å². The maximum absolute atomic E-state index is 5.17. The minimum atomic E-state index is 0.306. The van der Waals surface area contributed by atoms with Crippen molar-refractivity contribution in [1.82, 2.24) is 5.32 Å². The van der Waals surface area contributed by atoms with E-state index in [1.807, 2.05) is 0 Å². The summed E-state index contributed by atoms with van der Waals surface area (Å²) < 4.78 is 5.17. The third kappa shape index (κ3) is 2.55. The van der Waals surface area contributed by atoms with E-state index in [1.54, 1.807) is 12.7 Å². The second-order valence-electron chi connectivity index (χ2n) is 4.50. The highest BCUT2D eigenvalue weighted by molar-refractivity contribution is 5.22. The summed E-state index contributed by atoms with van der Waals surface area (Å²) in [7, 11) is 1.76. The van der Waals surface area contributed by atoms with Gasteiger partial charge in [-0.2, -0.15) is 0 Å². The fraction of sp³-hybridized carbons (Fsp3) is 0.818. The van der Waals surface area contributed by atoms with Gasteiger partial charge in [0.1, 0.15) is 0 Å². The fourth-order valence-corrected chi connectivity index (χ4v) is 2.15. The van der Waals surface area contributed by atoms with Crippen molar-refractivity contribution in [2.24, 2.45) is 5.41 Å². The third-order valence-corrected chi connectivity index (χ3v) is 2.81. The van der Waals surface area contributed by atoms with Crippen LogP contribution in [0.2, 0.25) is 0 Å². The van der Waals surface area contributed by atoms with Crippen molar-refractivity contribution in [3.8, 4) is 0 Å². The van der Waals surface area contributed by atoms with Gasteiger partial charge in [0.25, 0.3) is 0 Å². The minimum Gasteiger partial charge on any atom is -0.380 e.